The first-order valence-electron chi connectivity index (χ1n) is 6.73. The molecule has 21 heavy (non-hydrogen) atoms. The molecule has 0 atom stereocenters. The first-order chi connectivity index (χ1) is 10.3. The molecule has 4 aromatic rings. The summed E-state index contributed by atoms with van der Waals surface area (Å²) in [6.45, 7) is 0. The highest BCUT2D eigenvalue weighted by molar-refractivity contribution is 6.21. The molecule has 0 N–H and O–H groups in total. The predicted octanol–water partition coefficient (Wildman–Crippen LogP) is 5.05. The summed E-state index contributed by atoms with van der Waals surface area (Å²) >= 11 is 0. The second kappa shape index (κ2) is 4.28. The van der Waals surface area contributed by atoms with Gasteiger partial charge in [-0.1, -0.05) is 60.7 Å². The molecule has 100 valence electrons. The fourth-order valence-corrected chi connectivity index (χ4v) is 3.00. The molecule has 0 spiro atoms. The average Bonchev–Trinajstić information content (AvgIpc) is 2.53. The Balaban J connectivity index is 2.36. The van der Waals surface area contributed by atoms with Crippen molar-refractivity contribution in [3.05, 3.63) is 76.8 Å². The van der Waals surface area contributed by atoms with Gasteiger partial charge in [-0.3, -0.25) is 10.1 Å². The van der Waals surface area contributed by atoms with E-state index in [9.17, 15) is 10.1 Å². The van der Waals surface area contributed by atoms with E-state index in [0.717, 1.165) is 32.3 Å². The Labute approximate surface area is 120 Å². The lowest BCUT2D eigenvalue weighted by Crippen LogP contribution is -1.91. The molecule has 0 radical (unpaired) electrons. The minimum absolute atomic E-state index is 0.167. The third kappa shape index (κ3) is 1.68. The van der Waals surface area contributed by atoms with Gasteiger partial charge >= 0.3 is 0 Å². The molecule has 0 aromatic heterocycles. The number of nitrogens with zero attached hydrogens (tertiary/aromatic N) is 1. The van der Waals surface area contributed by atoms with E-state index < -0.39 is 0 Å². The Morgan fingerprint density at radius 3 is 2.14 bits per heavy atom. The lowest BCUT2D eigenvalue weighted by molar-refractivity contribution is -0.382. The Morgan fingerprint density at radius 1 is 0.714 bits per heavy atom. The SMILES string of the molecule is O=[N+]([O-])c1cc2ccccc2c2ccc3ccccc3c12. The number of hydrogen-bond acceptors (Lipinski definition) is 2. The zero-order valence-corrected chi connectivity index (χ0v) is 11.1. The van der Waals surface area contributed by atoms with Crippen LogP contribution in [0.4, 0.5) is 5.69 Å². The van der Waals surface area contributed by atoms with Crippen LogP contribution in [0.2, 0.25) is 0 Å². The molecule has 0 fully saturated rings. The summed E-state index contributed by atoms with van der Waals surface area (Å²) in [5, 5.41) is 17.0. The third-order valence-electron chi connectivity index (χ3n) is 3.93. The first-order valence-corrected chi connectivity index (χ1v) is 6.73. The van der Waals surface area contributed by atoms with Gasteiger partial charge in [0.25, 0.3) is 5.69 Å². The zero-order valence-electron chi connectivity index (χ0n) is 11.1. The monoisotopic (exact) mass is 273 g/mol. The number of nitro benzene ring substituents is 1. The van der Waals surface area contributed by atoms with Crippen LogP contribution in [-0.2, 0) is 0 Å². The van der Waals surface area contributed by atoms with Gasteiger partial charge in [-0.2, -0.15) is 0 Å². The minimum Gasteiger partial charge on any atom is -0.258 e. The van der Waals surface area contributed by atoms with Crippen molar-refractivity contribution in [2.75, 3.05) is 0 Å². The molecule has 3 nitrogen and oxygen atoms in total. The van der Waals surface area contributed by atoms with Crippen molar-refractivity contribution < 1.29 is 4.92 Å². The van der Waals surface area contributed by atoms with Gasteiger partial charge in [-0.05, 0) is 26.9 Å². The van der Waals surface area contributed by atoms with Crippen LogP contribution >= 0.6 is 0 Å². The van der Waals surface area contributed by atoms with E-state index in [1.165, 1.54) is 0 Å². The lowest BCUT2D eigenvalue weighted by Gasteiger charge is -2.08. The number of non-ortho nitro benzene ring substituents is 1. The molecule has 0 saturated carbocycles. The van der Waals surface area contributed by atoms with Crippen LogP contribution in [0.1, 0.15) is 0 Å². The smallest absolute Gasteiger partial charge is 0.258 e. The maximum absolute atomic E-state index is 11.5. The zero-order chi connectivity index (χ0) is 14.4. The number of hydrogen-bond donors (Lipinski definition) is 0. The van der Waals surface area contributed by atoms with Gasteiger partial charge in [0.1, 0.15) is 0 Å². The molecular weight excluding hydrogens is 262 g/mol. The van der Waals surface area contributed by atoms with Crippen molar-refractivity contribution in [1.29, 1.82) is 0 Å². The highest BCUT2D eigenvalue weighted by atomic mass is 16.6. The van der Waals surface area contributed by atoms with Crippen molar-refractivity contribution in [2.24, 2.45) is 0 Å². The van der Waals surface area contributed by atoms with Gasteiger partial charge in [0.2, 0.25) is 0 Å². The van der Waals surface area contributed by atoms with Crippen LogP contribution in [0.25, 0.3) is 32.3 Å². The lowest BCUT2D eigenvalue weighted by atomic mass is 9.96. The number of nitro groups is 1. The largest absolute Gasteiger partial charge is 0.278 e. The van der Waals surface area contributed by atoms with Crippen LogP contribution < -0.4 is 0 Å². The van der Waals surface area contributed by atoms with Crippen molar-refractivity contribution in [2.45, 2.75) is 0 Å². The Morgan fingerprint density at radius 2 is 1.38 bits per heavy atom. The van der Waals surface area contributed by atoms with Crippen LogP contribution in [0.15, 0.2) is 66.7 Å². The van der Waals surface area contributed by atoms with Crippen LogP contribution in [0.5, 0.6) is 0 Å². The van der Waals surface area contributed by atoms with Crippen molar-refractivity contribution in [1.82, 2.24) is 0 Å². The van der Waals surface area contributed by atoms with Crippen molar-refractivity contribution in [3.63, 3.8) is 0 Å². The molecule has 0 unspecified atom stereocenters. The summed E-state index contributed by atoms with van der Waals surface area (Å²) in [5.74, 6) is 0. The highest BCUT2D eigenvalue weighted by Gasteiger charge is 2.17. The summed E-state index contributed by atoms with van der Waals surface area (Å²) in [6.07, 6.45) is 0. The standard InChI is InChI=1S/C18H11NO2/c20-19(21)17-11-13-6-2-3-7-14(13)16-10-9-12-5-1-4-8-15(12)18(16)17/h1-11H. The normalized spacial score (nSPS) is 11.2. The average molecular weight is 273 g/mol. The molecular formula is C18H11NO2. The minimum atomic E-state index is -0.290. The summed E-state index contributed by atoms with van der Waals surface area (Å²) in [7, 11) is 0. The fourth-order valence-electron chi connectivity index (χ4n) is 3.00. The molecule has 4 aromatic carbocycles. The summed E-state index contributed by atoms with van der Waals surface area (Å²) in [6, 6.07) is 21.2. The van der Waals surface area contributed by atoms with Gasteiger partial charge in [0.15, 0.2) is 0 Å². The van der Waals surface area contributed by atoms with Crippen LogP contribution in [0.3, 0.4) is 0 Å². The molecule has 0 aliphatic heterocycles. The quantitative estimate of drug-likeness (QED) is 0.276. The number of benzene rings is 4. The van der Waals surface area contributed by atoms with E-state index in [2.05, 4.69) is 0 Å². The number of rotatable bonds is 1. The van der Waals surface area contributed by atoms with Gasteiger partial charge in [0, 0.05) is 6.07 Å². The molecule has 0 saturated heterocycles. The second-order valence-corrected chi connectivity index (χ2v) is 5.08. The molecule has 0 amide bonds. The van der Waals surface area contributed by atoms with Crippen LogP contribution in [0, 0.1) is 10.1 Å². The van der Waals surface area contributed by atoms with Crippen molar-refractivity contribution >= 4 is 38.0 Å². The fraction of sp³-hybridized carbons (Fsp3) is 0. The topological polar surface area (TPSA) is 43.1 Å². The Hall–Kier alpha value is -2.94. The molecule has 3 heteroatoms. The molecule has 4 rings (SSSR count). The third-order valence-corrected chi connectivity index (χ3v) is 3.93. The molecule has 0 heterocycles. The van der Waals surface area contributed by atoms with E-state index >= 15 is 0 Å². The summed E-state index contributed by atoms with van der Waals surface area (Å²) in [4.78, 5) is 11.2. The van der Waals surface area contributed by atoms with Gasteiger partial charge < -0.3 is 0 Å². The van der Waals surface area contributed by atoms with Gasteiger partial charge in [-0.25, -0.2) is 0 Å². The first kappa shape index (κ1) is 11.9. The molecule has 0 aliphatic rings. The second-order valence-electron chi connectivity index (χ2n) is 5.08. The Bertz CT molecular complexity index is 1020. The van der Waals surface area contributed by atoms with E-state index in [4.69, 9.17) is 0 Å². The van der Waals surface area contributed by atoms with Gasteiger partial charge in [-0.15, -0.1) is 0 Å². The molecule has 0 aliphatic carbocycles. The van der Waals surface area contributed by atoms with Crippen LogP contribution in [-0.4, -0.2) is 4.92 Å². The maximum atomic E-state index is 11.5. The van der Waals surface area contributed by atoms with E-state index in [0.29, 0.717) is 0 Å². The summed E-state index contributed by atoms with van der Waals surface area (Å²) < 4.78 is 0. The van der Waals surface area contributed by atoms with E-state index in [1.807, 2.05) is 60.7 Å². The van der Waals surface area contributed by atoms with E-state index in [1.54, 1.807) is 6.07 Å². The van der Waals surface area contributed by atoms with Crippen molar-refractivity contribution in [3.8, 4) is 0 Å². The Kier molecular flexibility index (Phi) is 2.42. The van der Waals surface area contributed by atoms with E-state index in [-0.39, 0.29) is 10.6 Å². The molecule has 0 bridgehead atoms. The number of fused-ring (bicyclic) bond motifs is 5. The maximum Gasteiger partial charge on any atom is 0.278 e. The summed E-state index contributed by atoms with van der Waals surface area (Å²) in [5.41, 5.74) is 0.167. The van der Waals surface area contributed by atoms with Gasteiger partial charge in [0.05, 0.1) is 10.3 Å². The predicted molar refractivity (Wildman–Crippen MR) is 85.6 cm³/mol. The highest BCUT2D eigenvalue weighted by Crippen LogP contribution is 2.37.